The Hall–Kier alpha value is -0.770. The molecular formula is C11H8Cl2O2S. The molecule has 0 amide bonds. The van der Waals surface area contributed by atoms with Crippen LogP contribution in [-0.4, -0.2) is 8.42 Å². The zero-order valence-electron chi connectivity index (χ0n) is 8.15. The van der Waals surface area contributed by atoms with Gasteiger partial charge in [-0.15, -0.1) is 11.6 Å². The lowest BCUT2D eigenvalue weighted by molar-refractivity contribution is 0.610. The summed E-state index contributed by atoms with van der Waals surface area (Å²) in [5.74, 6) is 0.336. The molecule has 0 N–H and O–H groups in total. The maximum Gasteiger partial charge on any atom is 0.261 e. The highest BCUT2D eigenvalue weighted by molar-refractivity contribution is 8.14. The van der Waals surface area contributed by atoms with Crippen LogP contribution in [0.5, 0.6) is 0 Å². The zero-order chi connectivity index (χ0) is 11.8. The van der Waals surface area contributed by atoms with Crippen LogP contribution < -0.4 is 0 Å². The van der Waals surface area contributed by atoms with Crippen molar-refractivity contribution in [3.8, 4) is 0 Å². The third-order valence-electron chi connectivity index (χ3n) is 2.38. The Labute approximate surface area is 103 Å². The van der Waals surface area contributed by atoms with E-state index in [9.17, 15) is 8.42 Å². The Bertz CT molecular complexity index is 635. The molecule has 0 aliphatic rings. The fourth-order valence-electron chi connectivity index (χ4n) is 1.66. The molecule has 2 aromatic rings. The molecule has 0 unspecified atom stereocenters. The molecule has 16 heavy (non-hydrogen) atoms. The summed E-state index contributed by atoms with van der Waals surface area (Å²) in [6.07, 6.45) is 0. The van der Waals surface area contributed by atoms with E-state index >= 15 is 0 Å². The van der Waals surface area contributed by atoms with E-state index in [1.807, 2.05) is 12.1 Å². The van der Waals surface area contributed by atoms with Gasteiger partial charge in [-0.25, -0.2) is 8.42 Å². The first-order chi connectivity index (χ1) is 7.54. The molecule has 0 bridgehead atoms. The van der Waals surface area contributed by atoms with Crippen LogP contribution in [0.2, 0.25) is 0 Å². The van der Waals surface area contributed by atoms with E-state index in [4.69, 9.17) is 22.3 Å². The number of rotatable bonds is 2. The molecule has 0 aliphatic heterocycles. The van der Waals surface area contributed by atoms with Crippen molar-refractivity contribution in [2.45, 2.75) is 10.8 Å². The second kappa shape index (κ2) is 4.24. The average Bonchev–Trinajstić information content (AvgIpc) is 2.26. The summed E-state index contributed by atoms with van der Waals surface area (Å²) in [7, 11) is 1.65. The second-order valence-electron chi connectivity index (χ2n) is 3.34. The number of alkyl halides is 1. The van der Waals surface area contributed by atoms with Gasteiger partial charge in [0, 0.05) is 21.9 Å². The summed E-state index contributed by atoms with van der Waals surface area (Å²) in [6.45, 7) is 0. The molecule has 0 saturated carbocycles. The minimum absolute atomic E-state index is 0.124. The third-order valence-corrected chi connectivity index (χ3v) is 4.05. The first-order valence-corrected chi connectivity index (χ1v) is 7.39. The molecule has 0 aromatic heterocycles. The molecule has 0 heterocycles. The summed E-state index contributed by atoms with van der Waals surface area (Å²) in [5, 5.41) is 1.43. The van der Waals surface area contributed by atoms with Crippen LogP contribution in [0.3, 0.4) is 0 Å². The molecule has 0 saturated heterocycles. The van der Waals surface area contributed by atoms with Gasteiger partial charge in [-0.3, -0.25) is 0 Å². The Morgan fingerprint density at radius 1 is 1.00 bits per heavy atom. The van der Waals surface area contributed by atoms with E-state index < -0.39 is 9.05 Å². The van der Waals surface area contributed by atoms with Crippen molar-refractivity contribution < 1.29 is 8.42 Å². The van der Waals surface area contributed by atoms with Crippen molar-refractivity contribution in [1.82, 2.24) is 0 Å². The van der Waals surface area contributed by atoms with Crippen molar-refractivity contribution in [3.63, 3.8) is 0 Å². The first kappa shape index (κ1) is 11.7. The van der Waals surface area contributed by atoms with Crippen LogP contribution in [0.25, 0.3) is 10.8 Å². The van der Waals surface area contributed by atoms with E-state index in [-0.39, 0.29) is 4.90 Å². The molecule has 0 aliphatic carbocycles. The van der Waals surface area contributed by atoms with Crippen molar-refractivity contribution in [2.75, 3.05) is 0 Å². The van der Waals surface area contributed by atoms with Gasteiger partial charge in [-0.1, -0.05) is 30.3 Å². The van der Waals surface area contributed by atoms with Gasteiger partial charge in [0.2, 0.25) is 0 Å². The fraction of sp³-hybridized carbons (Fsp3) is 0.0909. The van der Waals surface area contributed by atoms with E-state index in [1.54, 1.807) is 18.2 Å². The van der Waals surface area contributed by atoms with E-state index in [0.717, 1.165) is 10.9 Å². The van der Waals surface area contributed by atoms with Crippen molar-refractivity contribution >= 4 is 42.1 Å². The van der Waals surface area contributed by atoms with Gasteiger partial charge in [0.15, 0.2) is 0 Å². The predicted molar refractivity (Wildman–Crippen MR) is 66.5 cm³/mol. The Morgan fingerprint density at radius 3 is 2.19 bits per heavy atom. The summed E-state index contributed by atoms with van der Waals surface area (Å²) < 4.78 is 22.8. The van der Waals surface area contributed by atoms with Crippen LogP contribution in [-0.2, 0) is 14.9 Å². The van der Waals surface area contributed by atoms with Crippen molar-refractivity contribution in [2.24, 2.45) is 0 Å². The monoisotopic (exact) mass is 274 g/mol. The SMILES string of the molecule is O=S(=O)(Cl)c1ccc(CCl)c2ccccc12. The van der Waals surface area contributed by atoms with Crippen LogP contribution in [0, 0.1) is 0 Å². The van der Waals surface area contributed by atoms with Gasteiger partial charge in [0.05, 0.1) is 4.90 Å². The maximum atomic E-state index is 11.4. The molecule has 2 aromatic carbocycles. The Kier molecular flexibility index (Phi) is 3.10. The maximum absolute atomic E-state index is 11.4. The molecule has 5 heteroatoms. The molecule has 2 rings (SSSR count). The molecule has 0 spiro atoms. The minimum atomic E-state index is -3.73. The standard InChI is InChI=1S/C11H8Cl2O2S/c12-7-8-5-6-11(16(13,14)15)10-4-2-1-3-9(8)10/h1-6H,7H2. The van der Waals surface area contributed by atoms with Gasteiger partial charge >= 0.3 is 0 Å². The summed E-state index contributed by atoms with van der Waals surface area (Å²) in [6, 6.07) is 10.3. The van der Waals surface area contributed by atoms with Crippen molar-refractivity contribution in [1.29, 1.82) is 0 Å². The van der Waals surface area contributed by atoms with Crippen LogP contribution in [0.1, 0.15) is 5.56 Å². The summed E-state index contributed by atoms with van der Waals surface area (Å²) in [5.41, 5.74) is 0.890. The van der Waals surface area contributed by atoms with Crippen LogP contribution in [0.15, 0.2) is 41.3 Å². The van der Waals surface area contributed by atoms with Gasteiger partial charge in [-0.05, 0) is 17.0 Å². The summed E-state index contributed by atoms with van der Waals surface area (Å²) >= 11 is 5.79. The quantitative estimate of drug-likeness (QED) is 0.621. The third kappa shape index (κ3) is 2.03. The highest BCUT2D eigenvalue weighted by Gasteiger charge is 2.15. The van der Waals surface area contributed by atoms with E-state index in [1.165, 1.54) is 6.07 Å². The van der Waals surface area contributed by atoms with E-state index in [2.05, 4.69) is 0 Å². The van der Waals surface area contributed by atoms with Crippen LogP contribution >= 0.6 is 22.3 Å². The normalized spacial score (nSPS) is 11.9. The molecule has 0 fully saturated rings. The first-order valence-electron chi connectivity index (χ1n) is 4.55. The lowest BCUT2D eigenvalue weighted by Crippen LogP contribution is -1.94. The van der Waals surface area contributed by atoms with Crippen molar-refractivity contribution in [3.05, 3.63) is 42.0 Å². The molecule has 2 nitrogen and oxygen atoms in total. The number of benzene rings is 2. The largest absolute Gasteiger partial charge is 0.261 e. The average molecular weight is 275 g/mol. The van der Waals surface area contributed by atoms with Gasteiger partial charge in [0.1, 0.15) is 0 Å². The smallest absolute Gasteiger partial charge is 0.207 e. The molecular weight excluding hydrogens is 267 g/mol. The summed E-state index contributed by atoms with van der Waals surface area (Å²) in [4.78, 5) is 0.124. The Balaban J connectivity index is 2.91. The lowest BCUT2D eigenvalue weighted by atomic mass is 10.1. The predicted octanol–water partition coefficient (Wildman–Crippen LogP) is 3.51. The fourth-order valence-corrected chi connectivity index (χ4v) is 2.97. The van der Waals surface area contributed by atoms with Gasteiger partial charge in [0.25, 0.3) is 9.05 Å². The van der Waals surface area contributed by atoms with Gasteiger partial charge in [-0.2, -0.15) is 0 Å². The van der Waals surface area contributed by atoms with E-state index in [0.29, 0.717) is 11.3 Å². The number of hydrogen-bond donors (Lipinski definition) is 0. The van der Waals surface area contributed by atoms with Crippen LogP contribution in [0.4, 0.5) is 0 Å². The number of halogens is 2. The molecule has 0 atom stereocenters. The Morgan fingerprint density at radius 2 is 1.62 bits per heavy atom. The number of hydrogen-bond acceptors (Lipinski definition) is 2. The highest BCUT2D eigenvalue weighted by atomic mass is 35.7. The zero-order valence-corrected chi connectivity index (χ0v) is 10.5. The second-order valence-corrected chi connectivity index (χ2v) is 6.14. The minimum Gasteiger partial charge on any atom is -0.207 e. The number of fused-ring (bicyclic) bond motifs is 1. The molecule has 0 radical (unpaired) electrons. The highest BCUT2D eigenvalue weighted by Crippen LogP contribution is 2.28. The lowest BCUT2D eigenvalue weighted by Gasteiger charge is -2.06. The van der Waals surface area contributed by atoms with Gasteiger partial charge < -0.3 is 0 Å². The molecule has 84 valence electrons. The topological polar surface area (TPSA) is 34.1 Å².